The molecular formula is C17H26N2O. The molecule has 0 aliphatic carbocycles. The largest absolute Gasteiger partial charge is 0.384 e. The lowest BCUT2D eigenvalue weighted by Gasteiger charge is -2.17. The first kappa shape index (κ1) is 14.9. The predicted octanol–water partition coefficient (Wildman–Crippen LogP) is 3.53. The maximum absolute atomic E-state index is 12.4. The molecule has 1 heterocycles. The van der Waals surface area contributed by atoms with Crippen molar-refractivity contribution >= 4 is 11.6 Å². The number of amides is 1. The lowest BCUT2D eigenvalue weighted by Crippen LogP contribution is -2.34. The van der Waals surface area contributed by atoms with Crippen LogP contribution in [-0.4, -0.2) is 19.0 Å². The highest BCUT2D eigenvalue weighted by atomic mass is 16.1. The van der Waals surface area contributed by atoms with Gasteiger partial charge in [-0.3, -0.25) is 4.79 Å². The number of hydrogen-bond acceptors (Lipinski definition) is 2. The van der Waals surface area contributed by atoms with Crippen molar-refractivity contribution in [1.29, 1.82) is 0 Å². The quantitative estimate of drug-likeness (QED) is 0.798. The molecule has 0 saturated carbocycles. The van der Waals surface area contributed by atoms with Crippen molar-refractivity contribution in [3.8, 4) is 0 Å². The Bertz CT molecular complexity index is 444. The highest BCUT2D eigenvalue weighted by Gasteiger charge is 2.28. The smallest absolute Gasteiger partial charge is 0.229 e. The minimum Gasteiger partial charge on any atom is -0.384 e. The zero-order chi connectivity index (χ0) is 14.4. The first-order valence-electron chi connectivity index (χ1n) is 7.86. The maximum Gasteiger partial charge on any atom is 0.229 e. The Balaban J connectivity index is 1.87. The summed E-state index contributed by atoms with van der Waals surface area (Å²) in [6.45, 7) is 5.95. The lowest BCUT2D eigenvalue weighted by molar-refractivity contribution is -0.122. The molecule has 3 nitrogen and oxygen atoms in total. The minimum atomic E-state index is -0.0325. The van der Waals surface area contributed by atoms with Crippen molar-refractivity contribution in [3.63, 3.8) is 0 Å². The Morgan fingerprint density at radius 3 is 2.95 bits per heavy atom. The highest BCUT2D eigenvalue weighted by molar-refractivity contribution is 5.88. The molecule has 1 aromatic carbocycles. The van der Waals surface area contributed by atoms with Crippen LogP contribution in [0.4, 0.5) is 5.69 Å². The second-order valence-electron chi connectivity index (χ2n) is 5.68. The average molecular weight is 274 g/mol. The zero-order valence-electron chi connectivity index (χ0n) is 12.6. The summed E-state index contributed by atoms with van der Waals surface area (Å²) in [5.74, 6) is 0.746. The molecule has 110 valence electrons. The van der Waals surface area contributed by atoms with Gasteiger partial charge in [-0.25, -0.2) is 0 Å². The summed E-state index contributed by atoms with van der Waals surface area (Å²) >= 11 is 0. The van der Waals surface area contributed by atoms with Gasteiger partial charge in [-0.1, -0.05) is 51.3 Å². The molecule has 1 amide bonds. The van der Waals surface area contributed by atoms with Gasteiger partial charge in [0.2, 0.25) is 5.91 Å². The number of anilines is 1. The number of carbonyl (C=O) groups is 1. The number of para-hydroxylation sites is 1. The maximum atomic E-state index is 12.4. The van der Waals surface area contributed by atoms with Gasteiger partial charge < -0.3 is 10.6 Å². The second kappa shape index (κ2) is 7.32. The molecule has 2 atom stereocenters. The summed E-state index contributed by atoms with van der Waals surface area (Å²) in [6.07, 6.45) is 4.83. The van der Waals surface area contributed by atoms with Crippen molar-refractivity contribution in [2.24, 2.45) is 5.92 Å². The average Bonchev–Trinajstić information content (AvgIpc) is 2.91. The number of carbonyl (C=O) groups excluding carboxylic acids is 1. The summed E-state index contributed by atoms with van der Waals surface area (Å²) in [4.78, 5) is 12.4. The standard InChI is InChI=1S/C17H26N2O/c1-3-5-8-13(4-2)11-19-17(20)15-12-18-16-10-7-6-9-14(15)16/h6-7,9-10,13,15,18H,3-5,8,11-12H2,1-2H3,(H,19,20). The summed E-state index contributed by atoms with van der Waals surface area (Å²) in [6, 6.07) is 8.10. The van der Waals surface area contributed by atoms with Gasteiger partial charge in [0.05, 0.1) is 5.92 Å². The molecule has 0 saturated heterocycles. The molecule has 0 fully saturated rings. The summed E-state index contributed by atoms with van der Waals surface area (Å²) in [7, 11) is 0. The van der Waals surface area contributed by atoms with Gasteiger partial charge in [-0.15, -0.1) is 0 Å². The van der Waals surface area contributed by atoms with E-state index in [0.717, 1.165) is 30.8 Å². The van der Waals surface area contributed by atoms with Crippen molar-refractivity contribution < 1.29 is 4.79 Å². The van der Waals surface area contributed by atoms with E-state index < -0.39 is 0 Å². The fraction of sp³-hybridized carbons (Fsp3) is 0.588. The van der Waals surface area contributed by atoms with E-state index in [4.69, 9.17) is 0 Å². The second-order valence-corrected chi connectivity index (χ2v) is 5.68. The van der Waals surface area contributed by atoms with Crippen LogP contribution in [0.1, 0.15) is 51.0 Å². The van der Waals surface area contributed by atoms with Crippen LogP contribution in [0.5, 0.6) is 0 Å². The van der Waals surface area contributed by atoms with Crippen LogP contribution in [0.25, 0.3) is 0 Å². The topological polar surface area (TPSA) is 41.1 Å². The molecule has 0 bridgehead atoms. The molecule has 3 heteroatoms. The molecule has 20 heavy (non-hydrogen) atoms. The normalized spacial score (nSPS) is 18.2. The van der Waals surface area contributed by atoms with Crippen LogP contribution in [0, 0.1) is 5.92 Å². The third-order valence-corrected chi connectivity index (χ3v) is 4.26. The van der Waals surface area contributed by atoms with Gasteiger partial charge in [0, 0.05) is 18.8 Å². The van der Waals surface area contributed by atoms with Gasteiger partial charge in [-0.05, 0) is 24.0 Å². The number of unbranched alkanes of at least 4 members (excludes halogenated alkanes) is 1. The van der Waals surface area contributed by atoms with Gasteiger partial charge in [0.1, 0.15) is 0 Å². The van der Waals surface area contributed by atoms with E-state index >= 15 is 0 Å². The Kier molecular flexibility index (Phi) is 5.45. The highest BCUT2D eigenvalue weighted by Crippen LogP contribution is 2.31. The van der Waals surface area contributed by atoms with Gasteiger partial charge in [-0.2, -0.15) is 0 Å². The van der Waals surface area contributed by atoms with Crippen LogP contribution < -0.4 is 10.6 Å². The van der Waals surface area contributed by atoms with Gasteiger partial charge in [0.25, 0.3) is 0 Å². The molecule has 1 aromatic rings. The molecule has 1 aliphatic rings. The molecule has 0 aromatic heterocycles. The molecule has 0 spiro atoms. The van der Waals surface area contributed by atoms with E-state index in [1.807, 2.05) is 24.3 Å². The van der Waals surface area contributed by atoms with Gasteiger partial charge in [0.15, 0.2) is 0 Å². The first-order valence-corrected chi connectivity index (χ1v) is 7.86. The molecule has 2 N–H and O–H groups in total. The van der Waals surface area contributed by atoms with E-state index in [1.165, 1.54) is 19.3 Å². The Hall–Kier alpha value is -1.51. The Morgan fingerprint density at radius 2 is 2.20 bits per heavy atom. The fourth-order valence-electron chi connectivity index (χ4n) is 2.83. The number of hydrogen-bond donors (Lipinski definition) is 2. The van der Waals surface area contributed by atoms with E-state index in [1.54, 1.807) is 0 Å². The predicted molar refractivity (Wildman–Crippen MR) is 84.0 cm³/mol. The lowest BCUT2D eigenvalue weighted by atomic mass is 9.97. The van der Waals surface area contributed by atoms with Crippen molar-refractivity contribution in [1.82, 2.24) is 5.32 Å². The van der Waals surface area contributed by atoms with Crippen LogP contribution in [0.15, 0.2) is 24.3 Å². The minimum absolute atomic E-state index is 0.0325. The third-order valence-electron chi connectivity index (χ3n) is 4.26. The number of fused-ring (bicyclic) bond motifs is 1. The SMILES string of the molecule is CCCCC(CC)CNC(=O)C1CNc2ccccc21. The van der Waals surface area contributed by atoms with Crippen LogP contribution >= 0.6 is 0 Å². The number of nitrogens with one attached hydrogen (secondary N) is 2. The number of benzene rings is 1. The van der Waals surface area contributed by atoms with E-state index in [9.17, 15) is 4.79 Å². The van der Waals surface area contributed by atoms with Crippen LogP contribution in [-0.2, 0) is 4.79 Å². The zero-order valence-corrected chi connectivity index (χ0v) is 12.6. The van der Waals surface area contributed by atoms with Crippen molar-refractivity contribution in [2.75, 3.05) is 18.4 Å². The van der Waals surface area contributed by atoms with Crippen molar-refractivity contribution in [3.05, 3.63) is 29.8 Å². The molecule has 2 unspecified atom stereocenters. The van der Waals surface area contributed by atoms with Crippen LogP contribution in [0.2, 0.25) is 0 Å². The Morgan fingerprint density at radius 1 is 1.40 bits per heavy atom. The Labute approximate surface area is 122 Å². The number of rotatable bonds is 7. The van der Waals surface area contributed by atoms with Gasteiger partial charge >= 0.3 is 0 Å². The molecule has 2 rings (SSSR count). The fourth-order valence-corrected chi connectivity index (χ4v) is 2.83. The van der Waals surface area contributed by atoms with Crippen molar-refractivity contribution in [2.45, 2.75) is 45.4 Å². The van der Waals surface area contributed by atoms with Crippen LogP contribution in [0.3, 0.4) is 0 Å². The van der Waals surface area contributed by atoms with E-state index in [0.29, 0.717) is 5.92 Å². The molecule has 1 aliphatic heterocycles. The first-order chi connectivity index (χ1) is 9.76. The monoisotopic (exact) mass is 274 g/mol. The summed E-state index contributed by atoms with van der Waals surface area (Å²) in [5.41, 5.74) is 2.23. The molecular weight excluding hydrogens is 248 g/mol. The van der Waals surface area contributed by atoms with E-state index in [2.05, 4.69) is 24.5 Å². The summed E-state index contributed by atoms with van der Waals surface area (Å²) < 4.78 is 0. The van der Waals surface area contributed by atoms with E-state index in [-0.39, 0.29) is 11.8 Å². The third kappa shape index (κ3) is 3.53. The molecule has 0 radical (unpaired) electrons. The summed E-state index contributed by atoms with van der Waals surface area (Å²) in [5, 5.41) is 6.45.